The molecule has 5 N–H and O–H groups in total. The predicted octanol–water partition coefficient (Wildman–Crippen LogP) is 0.395. The molecule has 2 aliphatic rings. The van der Waals surface area contributed by atoms with Crippen LogP contribution in [0.15, 0.2) is 4.79 Å². The number of H-pyrrole nitrogens is 1. The molecule has 4 rings (SSSR count). The second-order valence-electron chi connectivity index (χ2n) is 5.81. The summed E-state index contributed by atoms with van der Waals surface area (Å²) in [7, 11) is 0. The van der Waals surface area contributed by atoms with Crippen molar-refractivity contribution in [2.24, 2.45) is 5.73 Å². The number of primary amides is 1. The van der Waals surface area contributed by atoms with Crippen molar-refractivity contribution in [1.29, 1.82) is 0 Å². The summed E-state index contributed by atoms with van der Waals surface area (Å²) < 4.78 is 0. The molecule has 0 saturated carbocycles. The van der Waals surface area contributed by atoms with Crippen molar-refractivity contribution in [3.8, 4) is 0 Å². The Morgan fingerprint density at radius 2 is 2.08 bits per heavy atom. The van der Waals surface area contributed by atoms with Crippen LogP contribution in [0.1, 0.15) is 40.3 Å². The maximum atomic E-state index is 11.8. The molecule has 0 radical (unpaired) electrons. The summed E-state index contributed by atoms with van der Waals surface area (Å²) in [6, 6.07) is -0.0463. The Hall–Kier alpha value is -2.26. The standard InChI is InChI=1S/C10H8N2O3S.C5H10N2O/c13-8-6-4-2-1-3-5(4)16-9(6)12-7(11-8)10(14)15;6-5(8)4-2-1-3-7-4/h1-3H2,(H,14,15)(H,11,12,13);4,7H,1-3H2,(H2,6,8)/t;4-/m.1/s1. The lowest BCUT2D eigenvalue weighted by atomic mass is 10.2. The normalized spacial score (nSPS) is 18.9. The maximum Gasteiger partial charge on any atom is 0.372 e. The Morgan fingerprint density at radius 1 is 1.29 bits per heavy atom. The average molecular weight is 350 g/mol. The maximum absolute atomic E-state index is 11.8. The number of carbonyl (C=O) groups excluding carboxylic acids is 1. The molecule has 0 unspecified atom stereocenters. The zero-order valence-electron chi connectivity index (χ0n) is 12.9. The first-order valence-electron chi connectivity index (χ1n) is 7.78. The fourth-order valence-electron chi connectivity index (χ4n) is 3.03. The smallest absolute Gasteiger partial charge is 0.372 e. The predicted molar refractivity (Wildman–Crippen MR) is 89.4 cm³/mol. The molecule has 2 aromatic rings. The van der Waals surface area contributed by atoms with Gasteiger partial charge >= 0.3 is 5.97 Å². The third-order valence-corrected chi connectivity index (χ3v) is 5.37. The number of hydrogen-bond donors (Lipinski definition) is 4. The highest BCUT2D eigenvalue weighted by Gasteiger charge is 2.22. The molecule has 24 heavy (non-hydrogen) atoms. The highest BCUT2D eigenvalue weighted by molar-refractivity contribution is 7.18. The minimum atomic E-state index is -1.20. The Balaban J connectivity index is 0.000000179. The number of carboxylic acid groups (broad SMARTS) is 1. The number of aryl methyl sites for hydroxylation is 2. The van der Waals surface area contributed by atoms with Crippen LogP contribution in [0.4, 0.5) is 0 Å². The van der Waals surface area contributed by atoms with Crippen LogP contribution in [0, 0.1) is 0 Å². The van der Waals surface area contributed by atoms with Gasteiger partial charge in [-0.25, -0.2) is 9.78 Å². The molecule has 0 spiro atoms. The van der Waals surface area contributed by atoms with Gasteiger partial charge < -0.3 is 21.1 Å². The zero-order chi connectivity index (χ0) is 17.3. The van der Waals surface area contributed by atoms with Gasteiger partial charge in [0.05, 0.1) is 11.4 Å². The number of aromatic nitrogens is 2. The number of amides is 1. The van der Waals surface area contributed by atoms with Gasteiger partial charge in [-0.05, 0) is 44.2 Å². The Bertz CT molecular complexity index is 851. The topological polar surface area (TPSA) is 138 Å². The number of aromatic carboxylic acids is 1. The summed E-state index contributed by atoms with van der Waals surface area (Å²) >= 11 is 1.44. The lowest BCUT2D eigenvalue weighted by Gasteiger charge is -2.01. The number of carbonyl (C=O) groups is 2. The molecule has 1 atom stereocenters. The van der Waals surface area contributed by atoms with Crippen molar-refractivity contribution in [2.75, 3.05) is 6.54 Å². The van der Waals surface area contributed by atoms with E-state index in [0.29, 0.717) is 10.2 Å². The highest BCUT2D eigenvalue weighted by atomic mass is 32.1. The van der Waals surface area contributed by atoms with E-state index in [2.05, 4.69) is 15.3 Å². The molecule has 9 heteroatoms. The molecule has 1 amide bonds. The van der Waals surface area contributed by atoms with Gasteiger partial charge in [0, 0.05) is 4.88 Å². The number of carboxylic acids is 1. The summed E-state index contributed by atoms with van der Waals surface area (Å²) in [4.78, 5) is 40.9. The van der Waals surface area contributed by atoms with Crippen molar-refractivity contribution in [2.45, 2.75) is 38.1 Å². The number of nitrogens with one attached hydrogen (secondary N) is 2. The van der Waals surface area contributed by atoms with Gasteiger partial charge in [0.2, 0.25) is 11.7 Å². The second kappa shape index (κ2) is 6.70. The second-order valence-corrected chi connectivity index (χ2v) is 6.89. The van der Waals surface area contributed by atoms with E-state index in [1.807, 2.05) is 0 Å². The lowest BCUT2D eigenvalue weighted by Crippen LogP contribution is -2.36. The van der Waals surface area contributed by atoms with Crippen LogP contribution in [0.25, 0.3) is 10.2 Å². The van der Waals surface area contributed by atoms with E-state index >= 15 is 0 Å². The fraction of sp³-hybridized carbons (Fsp3) is 0.467. The monoisotopic (exact) mass is 350 g/mol. The van der Waals surface area contributed by atoms with Crippen LogP contribution in [0.5, 0.6) is 0 Å². The zero-order valence-corrected chi connectivity index (χ0v) is 13.7. The highest BCUT2D eigenvalue weighted by Crippen LogP contribution is 2.34. The van der Waals surface area contributed by atoms with Crippen molar-refractivity contribution < 1.29 is 14.7 Å². The first-order valence-corrected chi connectivity index (χ1v) is 8.59. The first kappa shape index (κ1) is 16.6. The van der Waals surface area contributed by atoms with Crippen molar-refractivity contribution >= 4 is 33.4 Å². The van der Waals surface area contributed by atoms with Gasteiger partial charge in [-0.1, -0.05) is 0 Å². The van der Waals surface area contributed by atoms with Crippen molar-refractivity contribution in [3.63, 3.8) is 0 Å². The van der Waals surface area contributed by atoms with E-state index in [1.54, 1.807) is 0 Å². The minimum absolute atomic E-state index is 0.0463. The van der Waals surface area contributed by atoms with Crippen LogP contribution in [0.2, 0.25) is 0 Å². The third-order valence-electron chi connectivity index (χ3n) is 4.18. The first-order chi connectivity index (χ1) is 11.5. The Labute approximate surface area is 141 Å². The molecule has 0 aromatic carbocycles. The summed E-state index contributed by atoms with van der Waals surface area (Å²) in [5.74, 6) is -1.70. The third kappa shape index (κ3) is 3.17. The van der Waals surface area contributed by atoms with Gasteiger partial charge in [-0.3, -0.25) is 9.59 Å². The summed E-state index contributed by atoms with van der Waals surface area (Å²) in [6.07, 6.45) is 4.92. The summed E-state index contributed by atoms with van der Waals surface area (Å²) in [6.45, 7) is 0.938. The molecule has 128 valence electrons. The number of thiophene rings is 1. The number of hydrogen-bond acceptors (Lipinski definition) is 6. The number of nitrogens with zero attached hydrogens (tertiary/aromatic N) is 1. The SMILES string of the molecule is NC(=O)[C@H]1CCCN1.O=C(O)c1nc2sc3c(c2c(=O)[nH]1)CCC3. The van der Waals surface area contributed by atoms with E-state index in [9.17, 15) is 14.4 Å². The molecular weight excluding hydrogens is 332 g/mol. The quantitative estimate of drug-likeness (QED) is 0.618. The van der Waals surface area contributed by atoms with Crippen LogP contribution in [-0.2, 0) is 17.6 Å². The summed E-state index contributed by atoms with van der Waals surface area (Å²) in [5.41, 5.74) is 5.73. The van der Waals surface area contributed by atoms with Crippen LogP contribution >= 0.6 is 11.3 Å². The number of aromatic amines is 1. The number of fused-ring (bicyclic) bond motifs is 3. The minimum Gasteiger partial charge on any atom is -0.475 e. The van der Waals surface area contributed by atoms with E-state index in [4.69, 9.17) is 10.8 Å². The van der Waals surface area contributed by atoms with Crippen LogP contribution < -0.4 is 16.6 Å². The van der Waals surface area contributed by atoms with Crippen molar-refractivity contribution in [3.05, 3.63) is 26.6 Å². The van der Waals surface area contributed by atoms with E-state index in [-0.39, 0.29) is 23.3 Å². The largest absolute Gasteiger partial charge is 0.475 e. The number of rotatable bonds is 2. The van der Waals surface area contributed by atoms with Gasteiger partial charge in [0.25, 0.3) is 5.56 Å². The average Bonchev–Trinajstić information content (AvgIpc) is 3.23. The van der Waals surface area contributed by atoms with Gasteiger partial charge in [0.15, 0.2) is 0 Å². The molecule has 1 saturated heterocycles. The number of nitrogens with two attached hydrogens (primary N) is 1. The van der Waals surface area contributed by atoms with E-state index in [0.717, 1.165) is 44.2 Å². The Kier molecular flexibility index (Phi) is 4.63. The molecule has 1 aliphatic heterocycles. The molecule has 8 nitrogen and oxygen atoms in total. The van der Waals surface area contributed by atoms with Crippen LogP contribution in [0.3, 0.4) is 0 Å². The fourth-order valence-corrected chi connectivity index (χ4v) is 4.29. The van der Waals surface area contributed by atoms with Gasteiger partial charge in [0.1, 0.15) is 4.83 Å². The Morgan fingerprint density at radius 3 is 2.67 bits per heavy atom. The molecule has 3 heterocycles. The molecule has 1 fully saturated rings. The van der Waals surface area contributed by atoms with Gasteiger partial charge in [-0.2, -0.15) is 0 Å². The van der Waals surface area contributed by atoms with E-state index < -0.39 is 5.97 Å². The summed E-state index contributed by atoms with van der Waals surface area (Å²) in [5, 5.41) is 12.4. The molecule has 2 aromatic heterocycles. The van der Waals surface area contributed by atoms with E-state index in [1.165, 1.54) is 16.2 Å². The van der Waals surface area contributed by atoms with Crippen LogP contribution in [-0.4, -0.2) is 39.5 Å². The lowest BCUT2D eigenvalue weighted by molar-refractivity contribution is -0.119. The van der Waals surface area contributed by atoms with Gasteiger partial charge in [-0.15, -0.1) is 11.3 Å². The van der Waals surface area contributed by atoms with Crippen molar-refractivity contribution in [1.82, 2.24) is 15.3 Å². The molecule has 1 aliphatic carbocycles. The molecule has 0 bridgehead atoms. The molecular formula is C15H18N4O4S.